The van der Waals surface area contributed by atoms with Crippen LogP contribution in [0.5, 0.6) is 0 Å². The second kappa shape index (κ2) is 7.35. The van der Waals surface area contributed by atoms with E-state index in [0.717, 1.165) is 35.3 Å². The van der Waals surface area contributed by atoms with E-state index in [1.54, 1.807) is 0 Å². The molecule has 18 heavy (non-hydrogen) atoms. The molecule has 1 aliphatic rings. The van der Waals surface area contributed by atoms with Crippen molar-refractivity contribution in [3.8, 4) is 0 Å². The van der Waals surface area contributed by atoms with Crippen molar-refractivity contribution in [3.63, 3.8) is 0 Å². The SMILES string of the molecule is O=C(NCCN1CCSCC1)c1ccc(I)cc1. The molecule has 0 aromatic heterocycles. The standard InChI is InChI=1S/C13H17IN2OS/c14-12-3-1-11(2-4-12)13(17)15-5-6-16-7-9-18-10-8-16/h1-4H,5-10H2,(H,15,17). The third-order valence-corrected chi connectivity index (χ3v) is 4.59. The number of nitrogens with one attached hydrogen (secondary N) is 1. The minimum absolute atomic E-state index is 0.0257. The van der Waals surface area contributed by atoms with Crippen LogP contribution in [0.15, 0.2) is 24.3 Å². The third kappa shape index (κ3) is 4.44. The van der Waals surface area contributed by atoms with E-state index in [9.17, 15) is 4.79 Å². The van der Waals surface area contributed by atoms with Crippen LogP contribution in [-0.2, 0) is 0 Å². The van der Waals surface area contributed by atoms with Crippen molar-refractivity contribution in [1.82, 2.24) is 10.2 Å². The van der Waals surface area contributed by atoms with Crippen molar-refractivity contribution in [2.75, 3.05) is 37.7 Å². The molecule has 1 aromatic carbocycles. The van der Waals surface area contributed by atoms with Gasteiger partial charge in [-0.3, -0.25) is 9.69 Å². The fraction of sp³-hybridized carbons (Fsp3) is 0.462. The lowest BCUT2D eigenvalue weighted by atomic mass is 10.2. The summed E-state index contributed by atoms with van der Waals surface area (Å²) in [7, 11) is 0. The molecule has 3 nitrogen and oxygen atoms in total. The second-order valence-electron chi connectivity index (χ2n) is 4.22. The highest BCUT2D eigenvalue weighted by Crippen LogP contribution is 2.08. The first kappa shape index (κ1) is 14.1. The van der Waals surface area contributed by atoms with E-state index in [1.165, 1.54) is 11.5 Å². The van der Waals surface area contributed by atoms with Gasteiger partial charge in [0.15, 0.2) is 0 Å². The van der Waals surface area contributed by atoms with E-state index in [2.05, 4.69) is 32.8 Å². The molecule has 0 spiro atoms. The molecule has 98 valence electrons. The minimum atomic E-state index is 0.0257. The number of hydrogen-bond acceptors (Lipinski definition) is 3. The van der Waals surface area contributed by atoms with Crippen LogP contribution < -0.4 is 5.32 Å². The average molecular weight is 376 g/mol. The topological polar surface area (TPSA) is 32.3 Å². The lowest BCUT2D eigenvalue weighted by Gasteiger charge is -2.25. The molecule has 1 N–H and O–H groups in total. The molecule has 1 saturated heterocycles. The summed E-state index contributed by atoms with van der Waals surface area (Å²) >= 11 is 4.24. The smallest absolute Gasteiger partial charge is 0.251 e. The predicted molar refractivity (Wildman–Crippen MR) is 85.3 cm³/mol. The molecular weight excluding hydrogens is 359 g/mol. The van der Waals surface area contributed by atoms with Crippen molar-refractivity contribution < 1.29 is 4.79 Å². The van der Waals surface area contributed by atoms with Crippen LogP contribution in [0.1, 0.15) is 10.4 Å². The van der Waals surface area contributed by atoms with Gasteiger partial charge in [0, 0.05) is 46.8 Å². The Balaban J connectivity index is 1.72. The summed E-state index contributed by atoms with van der Waals surface area (Å²) < 4.78 is 1.15. The highest BCUT2D eigenvalue weighted by atomic mass is 127. The molecule has 1 fully saturated rings. The number of nitrogens with zero attached hydrogens (tertiary/aromatic N) is 1. The van der Waals surface area contributed by atoms with E-state index >= 15 is 0 Å². The van der Waals surface area contributed by atoms with Crippen LogP contribution >= 0.6 is 34.4 Å². The Bertz CT molecular complexity index is 390. The fourth-order valence-corrected chi connectivity index (χ4v) is 3.19. The average Bonchev–Trinajstić information content (AvgIpc) is 2.40. The number of rotatable bonds is 4. The lowest BCUT2D eigenvalue weighted by molar-refractivity contribution is 0.0949. The molecule has 1 amide bonds. The van der Waals surface area contributed by atoms with Gasteiger partial charge in [-0.15, -0.1) is 0 Å². The van der Waals surface area contributed by atoms with E-state index in [0.29, 0.717) is 0 Å². The Morgan fingerprint density at radius 3 is 2.61 bits per heavy atom. The molecule has 0 aliphatic carbocycles. The third-order valence-electron chi connectivity index (χ3n) is 2.92. The summed E-state index contributed by atoms with van der Waals surface area (Å²) in [5, 5.41) is 2.98. The fourth-order valence-electron chi connectivity index (χ4n) is 1.86. The maximum absolute atomic E-state index is 11.9. The molecular formula is C13H17IN2OS. The first-order valence-corrected chi connectivity index (χ1v) is 8.33. The van der Waals surface area contributed by atoms with Gasteiger partial charge in [0.25, 0.3) is 5.91 Å². The Labute approximate surface area is 126 Å². The summed E-state index contributed by atoms with van der Waals surface area (Å²) in [6.07, 6.45) is 0. The zero-order chi connectivity index (χ0) is 12.8. The summed E-state index contributed by atoms with van der Waals surface area (Å²) in [5.41, 5.74) is 0.740. The highest BCUT2D eigenvalue weighted by Gasteiger charge is 2.10. The van der Waals surface area contributed by atoms with Gasteiger partial charge in [0.1, 0.15) is 0 Å². The van der Waals surface area contributed by atoms with Gasteiger partial charge in [0.2, 0.25) is 0 Å². The normalized spacial score (nSPS) is 16.5. The van der Waals surface area contributed by atoms with Crippen molar-refractivity contribution >= 4 is 40.3 Å². The van der Waals surface area contributed by atoms with E-state index in [4.69, 9.17) is 0 Å². The van der Waals surface area contributed by atoms with Crippen LogP contribution in [0.2, 0.25) is 0 Å². The zero-order valence-electron chi connectivity index (χ0n) is 10.2. The van der Waals surface area contributed by atoms with Crippen LogP contribution in [0.25, 0.3) is 0 Å². The summed E-state index contributed by atoms with van der Waals surface area (Å²) in [5.74, 6) is 2.45. The van der Waals surface area contributed by atoms with Crippen LogP contribution in [0.3, 0.4) is 0 Å². The molecule has 1 aliphatic heterocycles. The highest BCUT2D eigenvalue weighted by molar-refractivity contribution is 14.1. The van der Waals surface area contributed by atoms with Gasteiger partial charge in [0.05, 0.1) is 0 Å². The molecule has 1 heterocycles. The first-order chi connectivity index (χ1) is 8.75. The first-order valence-electron chi connectivity index (χ1n) is 6.09. The Morgan fingerprint density at radius 2 is 1.94 bits per heavy atom. The van der Waals surface area contributed by atoms with Gasteiger partial charge in [-0.25, -0.2) is 0 Å². The molecule has 0 bridgehead atoms. The lowest BCUT2D eigenvalue weighted by Crippen LogP contribution is -2.39. The van der Waals surface area contributed by atoms with E-state index in [-0.39, 0.29) is 5.91 Å². The van der Waals surface area contributed by atoms with Crippen LogP contribution in [-0.4, -0.2) is 48.5 Å². The van der Waals surface area contributed by atoms with Gasteiger partial charge in [-0.05, 0) is 46.9 Å². The Hall–Kier alpha value is -0.270. The molecule has 1 aromatic rings. The van der Waals surface area contributed by atoms with Gasteiger partial charge >= 0.3 is 0 Å². The number of halogens is 1. The Morgan fingerprint density at radius 1 is 1.28 bits per heavy atom. The predicted octanol–water partition coefficient (Wildman–Crippen LogP) is 2.07. The molecule has 0 saturated carbocycles. The maximum atomic E-state index is 11.9. The largest absolute Gasteiger partial charge is 0.351 e. The van der Waals surface area contributed by atoms with Gasteiger partial charge < -0.3 is 5.32 Å². The summed E-state index contributed by atoms with van der Waals surface area (Å²) in [6.45, 7) is 3.97. The summed E-state index contributed by atoms with van der Waals surface area (Å²) in [4.78, 5) is 14.3. The Kier molecular flexibility index (Phi) is 5.78. The number of amides is 1. The number of benzene rings is 1. The minimum Gasteiger partial charge on any atom is -0.351 e. The maximum Gasteiger partial charge on any atom is 0.251 e. The number of carbonyl (C=O) groups is 1. The van der Waals surface area contributed by atoms with Crippen molar-refractivity contribution in [2.45, 2.75) is 0 Å². The summed E-state index contributed by atoms with van der Waals surface area (Å²) in [6, 6.07) is 7.65. The molecule has 0 unspecified atom stereocenters. The number of carbonyl (C=O) groups excluding carboxylic acids is 1. The van der Waals surface area contributed by atoms with Crippen molar-refractivity contribution in [2.24, 2.45) is 0 Å². The molecule has 0 radical (unpaired) electrons. The van der Waals surface area contributed by atoms with Crippen molar-refractivity contribution in [1.29, 1.82) is 0 Å². The van der Waals surface area contributed by atoms with Crippen LogP contribution in [0.4, 0.5) is 0 Å². The second-order valence-corrected chi connectivity index (χ2v) is 6.69. The quantitative estimate of drug-likeness (QED) is 0.817. The molecule has 2 rings (SSSR count). The van der Waals surface area contributed by atoms with Crippen molar-refractivity contribution in [3.05, 3.63) is 33.4 Å². The zero-order valence-corrected chi connectivity index (χ0v) is 13.2. The number of thioether (sulfide) groups is 1. The van der Waals surface area contributed by atoms with Gasteiger partial charge in [-0.2, -0.15) is 11.8 Å². The molecule has 5 heteroatoms. The molecule has 0 atom stereocenters. The van der Waals surface area contributed by atoms with E-state index in [1.807, 2.05) is 36.0 Å². The monoisotopic (exact) mass is 376 g/mol. The van der Waals surface area contributed by atoms with Gasteiger partial charge in [-0.1, -0.05) is 0 Å². The number of hydrogen-bond donors (Lipinski definition) is 1. The van der Waals surface area contributed by atoms with E-state index < -0.39 is 0 Å². The van der Waals surface area contributed by atoms with Crippen LogP contribution in [0, 0.1) is 3.57 Å².